The molecule has 134 valence electrons. The van der Waals surface area contributed by atoms with E-state index in [4.69, 9.17) is 18.9 Å². The molecular weight excluding hydrogens is 318 g/mol. The minimum Gasteiger partial charge on any atom is -0.488 e. The molecule has 3 rings (SSSR count). The average Bonchev–Trinajstić information content (AvgIpc) is 2.60. The molecule has 2 aliphatic rings. The molecule has 0 N–H and O–H groups in total. The fourth-order valence-electron chi connectivity index (χ4n) is 2.98. The molecule has 24 heavy (non-hydrogen) atoms. The van der Waals surface area contributed by atoms with E-state index in [0.29, 0.717) is 25.7 Å². The van der Waals surface area contributed by atoms with Gasteiger partial charge in [0.1, 0.15) is 6.61 Å². The first-order chi connectivity index (χ1) is 11.5. The SMILES string of the molecule is Cc1ccc(OC[C@@H]2CCC(C3OCC(C)CO3)CO2)c(F)c1F. The Hall–Kier alpha value is -1.24. The van der Waals surface area contributed by atoms with Gasteiger partial charge in [0.05, 0.1) is 25.9 Å². The smallest absolute Gasteiger partial charge is 0.200 e. The van der Waals surface area contributed by atoms with Gasteiger partial charge >= 0.3 is 0 Å². The predicted molar refractivity (Wildman–Crippen MR) is 83.9 cm³/mol. The quantitative estimate of drug-likeness (QED) is 0.840. The van der Waals surface area contributed by atoms with Crippen molar-refractivity contribution in [3.8, 4) is 5.75 Å². The summed E-state index contributed by atoms with van der Waals surface area (Å²) in [5.74, 6) is -1.24. The van der Waals surface area contributed by atoms with Gasteiger partial charge in [-0.1, -0.05) is 13.0 Å². The van der Waals surface area contributed by atoms with E-state index < -0.39 is 11.6 Å². The summed E-state index contributed by atoms with van der Waals surface area (Å²) in [5.41, 5.74) is 0.262. The van der Waals surface area contributed by atoms with E-state index in [-0.39, 0.29) is 36.2 Å². The molecule has 0 aromatic heterocycles. The maximum Gasteiger partial charge on any atom is 0.200 e. The topological polar surface area (TPSA) is 36.9 Å². The van der Waals surface area contributed by atoms with Gasteiger partial charge in [-0.25, -0.2) is 4.39 Å². The zero-order chi connectivity index (χ0) is 17.1. The summed E-state index contributed by atoms with van der Waals surface area (Å²) in [7, 11) is 0. The lowest BCUT2D eigenvalue weighted by atomic mass is 9.97. The normalized spacial score (nSPS) is 31.0. The van der Waals surface area contributed by atoms with Crippen LogP contribution in [-0.4, -0.2) is 38.8 Å². The van der Waals surface area contributed by atoms with E-state index in [1.807, 2.05) is 0 Å². The van der Waals surface area contributed by atoms with Gasteiger partial charge in [0.25, 0.3) is 0 Å². The van der Waals surface area contributed by atoms with E-state index in [0.717, 1.165) is 12.8 Å². The first kappa shape index (κ1) is 17.6. The van der Waals surface area contributed by atoms with Crippen molar-refractivity contribution in [1.82, 2.24) is 0 Å². The highest BCUT2D eigenvalue weighted by atomic mass is 19.2. The molecule has 4 nitrogen and oxygen atoms in total. The van der Waals surface area contributed by atoms with Gasteiger partial charge in [0.15, 0.2) is 17.9 Å². The highest BCUT2D eigenvalue weighted by molar-refractivity contribution is 5.30. The van der Waals surface area contributed by atoms with Crippen molar-refractivity contribution in [3.63, 3.8) is 0 Å². The third kappa shape index (κ3) is 4.05. The maximum atomic E-state index is 13.8. The Morgan fingerprint density at radius 2 is 1.79 bits per heavy atom. The van der Waals surface area contributed by atoms with Crippen molar-refractivity contribution in [2.24, 2.45) is 11.8 Å². The standard InChI is InChI=1S/C18H24F2O4/c1-11-7-23-18(24-8-11)13-4-5-14(21-9-13)10-22-15-6-3-12(2)16(19)17(15)20/h3,6,11,13-14,18H,4-5,7-10H2,1-2H3/t11?,13?,14-,18?/m0/s1. The van der Waals surface area contributed by atoms with Crippen LogP contribution in [0.25, 0.3) is 0 Å². The van der Waals surface area contributed by atoms with Crippen molar-refractivity contribution < 1.29 is 27.7 Å². The maximum absolute atomic E-state index is 13.8. The average molecular weight is 342 g/mol. The molecule has 1 aromatic rings. The Morgan fingerprint density at radius 3 is 2.46 bits per heavy atom. The number of hydrogen-bond donors (Lipinski definition) is 0. The van der Waals surface area contributed by atoms with E-state index in [2.05, 4.69) is 6.92 Å². The molecule has 2 aliphatic heterocycles. The molecule has 0 amide bonds. The summed E-state index contributed by atoms with van der Waals surface area (Å²) in [5, 5.41) is 0. The molecule has 1 unspecified atom stereocenters. The van der Waals surface area contributed by atoms with Crippen molar-refractivity contribution >= 4 is 0 Å². The number of rotatable bonds is 4. The molecule has 0 spiro atoms. The van der Waals surface area contributed by atoms with Gasteiger partial charge in [-0.05, 0) is 31.4 Å². The second kappa shape index (κ2) is 7.76. The summed E-state index contributed by atoms with van der Waals surface area (Å²) < 4.78 is 49.9. The monoisotopic (exact) mass is 342 g/mol. The largest absolute Gasteiger partial charge is 0.488 e. The van der Waals surface area contributed by atoms with Crippen LogP contribution in [0.1, 0.15) is 25.3 Å². The highest BCUT2D eigenvalue weighted by Gasteiger charge is 2.32. The Labute approximate surface area is 141 Å². The lowest BCUT2D eigenvalue weighted by Crippen LogP contribution is -2.42. The van der Waals surface area contributed by atoms with Crippen molar-refractivity contribution in [1.29, 1.82) is 0 Å². The van der Waals surface area contributed by atoms with E-state index >= 15 is 0 Å². The van der Waals surface area contributed by atoms with E-state index in [1.54, 1.807) is 0 Å². The Bertz CT molecular complexity index is 550. The van der Waals surface area contributed by atoms with Crippen LogP contribution in [0, 0.1) is 30.4 Å². The molecule has 2 heterocycles. The number of halogens is 2. The molecule has 1 aromatic carbocycles. The molecule has 0 aliphatic carbocycles. The molecule has 0 radical (unpaired) electrons. The van der Waals surface area contributed by atoms with Crippen LogP contribution in [-0.2, 0) is 14.2 Å². The fourth-order valence-corrected chi connectivity index (χ4v) is 2.98. The number of benzene rings is 1. The first-order valence-corrected chi connectivity index (χ1v) is 8.46. The summed E-state index contributed by atoms with van der Waals surface area (Å²) in [6.45, 7) is 5.77. The number of hydrogen-bond acceptors (Lipinski definition) is 4. The van der Waals surface area contributed by atoms with Gasteiger partial charge in [0, 0.05) is 11.8 Å². The van der Waals surface area contributed by atoms with E-state index in [1.165, 1.54) is 19.1 Å². The van der Waals surface area contributed by atoms with Crippen LogP contribution < -0.4 is 4.74 Å². The van der Waals surface area contributed by atoms with Gasteiger partial charge in [-0.15, -0.1) is 0 Å². The minimum absolute atomic E-state index is 0.0724. The third-order valence-corrected chi connectivity index (χ3v) is 4.55. The summed E-state index contributed by atoms with van der Waals surface area (Å²) >= 11 is 0. The zero-order valence-electron chi connectivity index (χ0n) is 14.1. The Kier molecular flexibility index (Phi) is 5.69. The number of aryl methyl sites for hydroxylation is 1. The van der Waals surface area contributed by atoms with Crippen molar-refractivity contribution in [2.45, 2.75) is 39.1 Å². The van der Waals surface area contributed by atoms with Gasteiger partial charge < -0.3 is 18.9 Å². The second-order valence-corrected chi connectivity index (χ2v) is 6.75. The molecule has 6 heteroatoms. The third-order valence-electron chi connectivity index (χ3n) is 4.55. The minimum atomic E-state index is -0.943. The number of ether oxygens (including phenoxy) is 4. The van der Waals surface area contributed by atoms with Crippen LogP contribution in [0.3, 0.4) is 0 Å². The van der Waals surface area contributed by atoms with Crippen molar-refractivity contribution in [3.05, 3.63) is 29.3 Å². The molecule has 2 fully saturated rings. The highest BCUT2D eigenvalue weighted by Crippen LogP contribution is 2.28. The lowest BCUT2D eigenvalue weighted by Gasteiger charge is -2.36. The second-order valence-electron chi connectivity index (χ2n) is 6.75. The summed E-state index contributed by atoms with van der Waals surface area (Å²) in [6.07, 6.45) is 1.34. The molecular formula is C18H24F2O4. The predicted octanol–water partition coefficient (Wildman–Crippen LogP) is 3.46. The molecule has 0 saturated carbocycles. The Balaban J connectivity index is 1.45. The van der Waals surface area contributed by atoms with Crippen molar-refractivity contribution in [2.75, 3.05) is 26.4 Å². The van der Waals surface area contributed by atoms with Crippen LogP contribution in [0.4, 0.5) is 8.78 Å². The van der Waals surface area contributed by atoms with Crippen LogP contribution in [0.5, 0.6) is 5.75 Å². The fraction of sp³-hybridized carbons (Fsp3) is 0.667. The summed E-state index contributed by atoms with van der Waals surface area (Å²) in [6, 6.07) is 2.95. The first-order valence-electron chi connectivity index (χ1n) is 8.46. The van der Waals surface area contributed by atoms with Crippen LogP contribution in [0.15, 0.2) is 12.1 Å². The van der Waals surface area contributed by atoms with Gasteiger partial charge in [-0.3, -0.25) is 0 Å². The zero-order valence-corrected chi connectivity index (χ0v) is 14.1. The Morgan fingerprint density at radius 1 is 1.04 bits per heavy atom. The van der Waals surface area contributed by atoms with Crippen LogP contribution >= 0.6 is 0 Å². The summed E-state index contributed by atoms with van der Waals surface area (Å²) in [4.78, 5) is 0. The van der Waals surface area contributed by atoms with Crippen LogP contribution in [0.2, 0.25) is 0 Å². The molecule has 0 bridgehead atoms. The van der Waals surface area contributed by atoms with Gasteiger partial charge in [0.2, 0.25) is 5.82 Å². The van der Waals surface area contributed by atoms with Gasteiger partial charge in [-0.2, -0.15) is 4.39 Å². The molecule has 2 saturated heterocycles. The molecule has 2 atom stereocenters. The van der Waals surface area contributed by atoms with E-state index in [9.17, 15) is 8.78 Å². The lowest BCUT2D eigenvalue weighted by molar-refractivity contribution is -0.239.